The number of alkyl halides is 3. The van der Waals surface area contributed by atoms with E-state index in [1.54, 1.807) is 0 Å². The molecule has 19 heavy (non-hydrogen) atoms. The van der Waals surface area contributed by atoms with Crippen molar-refractivity contribution < 1.29 is 26.4 Å². The molecule has 0 radical (unpaired) electrons. The molecule has 0 unspecified atom stereocenters. The van der Waals surface area contributed by atoms with Gasteiger partial charge in [0.15, 0.2) is 9.84 Å². The van der Waals surface area contributed by atoms with Crippen molar-refractivity contribution in [3.8, 4) is 0 Å². The van der Waals surface area contributed by atoms with E-state index in [-0.39, 0.29) is 5.69 Å². The molecule has 0 aromatic heterocycles. The zero-order chi connectivity index (χ0) is 14.8. The van der Waals surface area contributed by atoms with Crippen molar-refractivity contribution >= 4 is 21.4 Å². The van der Waals surface area contributed by atoms with Gasteiger partial charge in [0.05, 0.1) is 10.5 Å². The van der Waals surface area contributed by atoms with Crippen LogP contribution in [0.15, 0.2) is 35.7 Å². The van der Waals surface area contributed by atoms with Gasteiger partial charge in [-0.3, -0.25) is 4.79 Å². The van der Waals surface area contributed by atoms with E-state index in [0.717, 1.165) is 18.2 Å². The molecule has 1 amide bonds. The summed E-state index contributed by atoms with van der Waals surface area (Å²) in [4.78, 5) is 10.2. The van der Waals surface area contributed by atoms with E-state index in [0.29, 0.717) is 12.3 Å². The van der Waals surface area contributed by atoms with Crippen LogP contribution in [0.5, 0.6) is 0 Å². The van der Waals surface area contributed by atoms with E-state index in [9.17, 15) is 26.4 Å². The standard InChI is InChI=1S/C11H10F3NO3S/c1-3-10(16)15-7-4-5-9(19(2,17)18)8(6-7)11(12,13)14/h3-6H,1H2,2H3,(H,15,16). The van der Waals surface area contributed by atoms with E-state index in [4.69, 9.17) is 0 Å². The van der Waals surface area contributed by atoms with Crippen LogP contribution >= 0.6 is 0 Å². The van der Waals surface area contributed by atoms with Gasteiger partial charge >= 0.3 is 6.18 Å². The number of carbonyl (C=O) groups is 1. The van der Waals surface area contributed by atoms with Gasteiger partial charge in [-0.05, 0) is 24.3 Å². The zero-order valence-electron chi connectivity index (χ0n) is 9.78. The van der Waals surface area contributed by atoms with Gasteiger partial charge in [-0.1, -0.05) is 6.58 Å². The maximum atomic E-state index is 12.8. The second kappa shape index (κ2) is 5.04. The summed E-state index contributed by atoms with van der Waals surface area (Å²) in [6, 6.07) is 2.45. The molecule has 0 saturated heterocycles. The van der Waals surface area contributed by atoms with E-state index in [2.05, 4.69) is 11.9 Å². The Kier molecular flexibility index (Phi) is 4.04. The second-order valence-electron chi connectivity index (χ2n) is 3.67. The Balaban J connectivity index is 3.40. The third kappa shape index (κ3) is 3.82. The molecule has 1 N–H and O–H groups in total. The van der Waals surface area contributed by atoms with Gasteiger partial charge in [0.1, 0.15) is 0 Å². The summed E-state index contributed by atoms with van der Waals surface area (Å²) in [6.45, 7) is 3.15. The van der Waals surface area contributed by atoms with Crippen molar-refractivity contribution in [3.63, 3.8) is 0 Å². The van der Waals surface area contributed by atoms with E-state index >= 15 is 0 Å². The Morgan fingerprint density at radius 2 is 1.95 bits per heavy atom. The fourth-order valence-electron chi connectivity index (χ4n) is 1.35. The van der Waals surface area contributed by atoms with Crippen molar-refractivity contribution in [2.45, 2.75) is 11.1 Å². The molecule has 1 rings (SSSR count). The number of rotatable bonds is 3. The highest BCUT2D eigenvalue weighted by molar-refractivity contribution is 7.90. The maximum Gasteiger partial charge on any atom is 0.417 e. The number of halogens is 3. The summed E-state index contributed by atoms with van der Waals surface area (Å²) in [7, 11) is -4.02. The first-order valence-corrected chi connectivity index (χ1v) is 6.79. The van der Waals surface area contributed by atoms with Crippen molar-refractivity contribution in [1.82, 2.24) is 0 Å². The molecule has 0 aliphatic heterocycles. The SMILES string of the molecule is C=CC(=O)Nc1ccc(S(C)(=O)=O)c(C(F)(F)F)c1. The van der Waals surface area contributed by atoms with Gasteiger partial charge < -0.3 is 5.32 Å². The molecule has 0 bridgehead atoms. The van der Waals surface area contributed by atoms with Gasteiger partial charge in [0, 0.05) is 11.9 Å². The molecular weight excluding hydrogens is 283 g/mol. The summed E-state index contributed by atoms with van der Waals surface area (Å²) in [5.74, 6) is -0.694. The summed E-state index contributed by atoms with van der Waals surface area (Å²) in [5.41, 5.74) is -1.48. The molecule has 1 aromatic rings. The lowest BCUT2D eigenvalue weighted by molar-refractivity contribution is -0.139. The number of anilines is 1. The van der Waals surface area contributed by atoms with E-state index in [1.165, 1.54) is 0 Å². The Hall–Kier alpha value is -1.83. The van der Waals surface area contributed by atoms with Crippen LogP contribution in [0.4, 0.5) is 18.9 Å². The first-order chi connectivity index (χ1) is 8.55. The Morgan fingerprint density at radius 1 is 1.37 bits per heavy atom. The number of amides is 1. The molecule has 4 nitrogen and oxygen atoms in total. The normalized spacial score (nSPS) is 12.0. The maximum absolute atomic E-state index is 12.8. The lowest BCUT2D eigenvalue weighted by atomic mass is 10.2. The molecule has 104 valence electrons. The number of carbonyl (C=O) groups excluding carboxylic acids is 1. The van der Waals surface area contributed by atoms with Crippen LogP contribution in [0.1, 0.15) is 5.56 Å². The van der Waals surface area contributed by atoms with Gasteiger partial charge in [0.2, 0.25) is 5.91 Å². The molecule has 0 saturated carbocycles. The van der Waals surface area contributed by atoms with Gasteiger partial charge in [0.25, 0.3) is 0 Å². The zero-order valence-corrected chi connectivity index (χ0v) is 10.6. The molecule has 0 fully saturated rings. The molecule has 8 heteroatoms. The van der Waals surface area contributed by atoms with E-state index in [1.807, 2.05) is 0 Å². The first-order valence-electron chi connectivity index (χ1n) is 4.90. The first kappa shape index (κ1) is 15.2. The lowest BCUT2D eigenvalue weighted by Gasteiger charge is -2.13. The van der Waals surface area contributed by atoms with Crippen molar-refractivity contribution in [2.24, 2.45) is 0 Å². The number of hydrogen-bond acceptors (Lipinski definition) is 3. The third-order valence-electron chi connectivity index (χ3n) is 2.14. The topological polar surface area (TPSA) is 63.2 Å². The van der Waals surface area contributed by atoms with Crippen LogP contribution in [-0.4, -0.2) is 20.6 Å². The highest BCUT2D eigenvalue weighted by Crippen LogP contribution is 2.35. The molecule has 1 aromatic carbocycles. The molecule has 0 aliphatic rings. The third-order valence-corrected chi connectivity index (χ3v) is 3.29. The van der Waals surface area contributed by atoms with Crippen molar-refractivity contribution in [1.29, 1.82) is 0 Å². The number of nitrogens with one attached hydrogen (secondary N) is 1. The van der Waals surface area contributed by atoms with Gasteiger partial charge in [-0.2, -0.15) is 13.2 Å². The van der Waals surface area contributed by atoms with Crippen LogP contribution in [0, 0.1) is 0 Å². The van der Waals surface area contributed by atoms with E-state index < -0.39 is 32.4 Å². The van der Waals surface area contributed by atoms with Crippen LogP contribution in [-0.2, 0) is 20.8 Å². The summed E-state index contributed by atoms with van der Waals surface area (Å²) in [5, 5.41) is 2.13. The van der Waals surface area contributed by atoms with Crippen LogP contribution in [0.3, 0.4) is 0 Å². The second-order valence-corrected chi connectivity index (χ2v) is 5.66. The molecule has 0 spiro atoms. The Labute approximate surface area is 107 Å². The average Bonchev–Trinajstić information content (AvgIpc) is 2.26. The Morgan fingerprint density at radius 3 is 2.37 bits per heavy atom. The summed E-state index contributed by atoms with van der Waals surface area (Å²) >= 11 is 0. The highest BCUT2D eigenvalue weighted by Gasteiger charge is 2.36. The van der Waals surface area contributed by atoms with Crippen molar-refractivity contribution in [3.05, 3.63) is 36.4 Å². The van der Waals surface area contributed by atoms with Crippen LogP contribution < -0.4 is 5.32 Å². The molecule has 0 heterocycles. The van der Waals surface area contributed by atoms with Gasteiger partial charge in [-0.25, -0.2) is 8.42 Å². The minimum atomic E-state index is -4.84. The molecule has 0 atom stereocenters. The number of benzene rings is 1. The van der Waals surface area contributed by atoms with Crippen LogP contribution in [0.25, 0.3) is 0 Å². The highest BCUT2D eigenvalue weighted by atomic mass is 32.2. The predicted molar refractivity (Wildman–Crippen MR) is 63.4 cm³/mol. The predicted octanol–water partition coefficient (Wildman–Crippen LogP) is 2.23. The summed E-state index contributed by atoms with van der Waals surface area (Å²) in [6.07, 6.45) is -3.27. The largest absolute Gasteiger partial charge is 0.417 e. The average molecular weight is 293 g/mol. The van der Waals surface area contributed by atoms with Gasteiger partial charge in [-0.15, -0.1) is 0 Å². The lowest BCUT2D eigenvalue weighted by Crippen LogP contribution is -2.14. The number of hydrogen-bond donors (Lipinski definition) is 1. The minimum Gasteiger partial charge on any atom is -0.323 e. The number of sulfone groups is 1. The monoisotopic (exact) mass is 293 g/mol. The summed E-state index contributed by atoms with van der Waals surface area (Å²) < 4.78 is 60.9. The van der Waals surface area contributed by atoms with Crippen LogP contribution in [0.2, 0.25) is 0 Å². The minimum absolute atomic E-state index is 0.162. The Bertz CT molecular complexity index is 621. The molecular formula is C11H10F3NO3S. The smallest absolute Gasteiger partial charge is 0.323 e. The fraction of sp³-hybridized carbons (Fsp3) is 0.182. The molecule has 0 aliphatic carbocycles. The van der Waals surface area contributed by atoms with Crippen molar-refractivity contribution in [2.75, 3.05) is 11.6 Å². The quantitative estimate of drug-likeness (QED) is 0.869. The fourth-order valence-corrected chi connectivity index (χ4v) is 2.24.